The fourth-order valence-electron chi connectivity index (χ4n) is 2.43. The fourth-order valence-corrected chi connectivity index (χ4v) is 2.43. The second-order valence-corrected chi connectivity index (χ2v) is 6.00. The lowest BCUT2D eigenvalue weighted by Crippen LogP contribution is -2.19. The van der Waals surface area contributed by atoms with Crippen molar-refractivity contribution in [2.75, 3.05) is 18.6 Å². The van der Waals surface area contributed by atoms with Crippen LogP contribution < -0.4 is 16.2 Å². The summed E-state index contributed by atoms with van der Waals surface area (Å²) >= 11 is 0. The number of methoxy groups -OCH3 is 1. The Morgan fingerprint density at radius 2 is 1.91 bits per heavy atom. The van der Waals surface area contributed by atoms with Gasteiger partial charge in [-0.25, -0.2) is 9.97 Å². The molecule has 22 heavy (non-hydrogen) atoms. The van der Waals surface area contributed by atoms with Crippen LogP contribution in [0.4, 0.5) is 11.8 Å². The molecule has 118 valence electrons. The molecule has 0 atom stereocenters. The quantitative estimate of drug-likeness (QED) is 0.878. The average Bonchev–Trinajstić information content (AvgIpc) is 2.46. The summed E-state index contributed by atoms with van der Waals surface area (Å²) in [5.41, 5.74) is 14.5. The molecule has 0 aliphatic rings. The summed E-state index contributed by atoms with van der Waals surface area (Å²) in [5, 5.41) is 0. The van der Waals surface area contributed by atoms with Crippen molar-refractivity contribution in [1.82, 2.24) is 15.0 Å². The van der Waals surface area contributed by atoms with Gasteiger partial charge in [0.15, 0.2) is 0 Å². The Labute approximate surface area is 130 Å². The summed E-state index contributed by atoms with van der Waals surface area (Å²) < 4.78 is 5.10. The monoisotopic (exact) mass is 301 g/mol. The number of aromatic nitrogens is 3. The Hall–Kier alpha value is -2.37. The third-order valence-corrected chi connectivity index (χ3v) is 3.99. The van der Waals surface area contributed by atoms with Crippen molar-refractivity contribution in [3.05, 3.63) is 35.2 Å². The van der Waals surface area contributed by atoms with E-state index in [4.69, 9.17) is 16.2 Å². The van der Waals surface area contributed by atoms with Crippen LogP contribution in [-0.2, 0) is 11.8 Å². The summed E-state index contributed by atoms with van der Waals surface area (Å²) in [6, 6.07) is 3.92. The smallest absolute Gasteiger partial charge is 0.222 e. The number of ether oxygens (including phenoxy) is 1. The Bertz CT molecular complexity index is 629. The van der Waals surface area contributed by atoms with Gasteiger partial charge in [-0.15, -0.1) is 0 Å². The van der Waals surface area contributed by atoms with Gasteiger partial charge < -0.3 is 16.2 Å². The van der Waals surface area contributed by atoms with Gasteiger partial charge in [0.1, 0.15) is 5.82 Å². The number of pyridine rings is 1. The molecule has 0 aliphatic carbocycles. The van der Waals surface area contributed by atoms with Crippen LogP contribution in [0.2, 0.25) is 0 Å². The summed E-state index contributed by atoms with van der Waals surface area (Å²) in [6.45, 7) is 6.27. The Kier molecular flexibility index (Phi) is 4.49. The second kappa shape index (κ2) is 6.17. The molecule has 6 heteroatoms. The largest absolute Gasteiger partial charge is 0.481 e. The molecule has 0 unspecified atom stereocenters. The van der Waals surface area contributed by atoms with Gasteiger partial charge >= 0.3 is 0 Å². The van der Waals surface area contributed by atoms with Gasteiger partial charge in [0.25, 0.3) is 0 Å². The van der Waals surface area contributed by atoms with Gasteiger partial charge in [-0.1, -0.05) is 19.9 Å². The van der Waals surface area contributed by atoms with Crippen molar-refractivity contribution in [3.63, 3.8) is 0 Å². The van der Waals surface area contributed by atoms with Gasteiger partial charge in [0.05, 0.1) is 7.11 Å². The number of nitrogen functional groups attached to an aromatic ring is 2. The molecule has 0 amide bonds. The van der Waals surface area contributed by atoms with Crippen molar-refractivity contribution < 1.29 is 4.74 Å². The number of hydrogen-bond acceptors (Lipinski definition) is 6. The van der Waals surface area contributed by atoms with Crippen LogP contribution in [0.1, 0.15) is 37.1 Å². The van der Waals surface area contributed by atoms with E-state index in [1.807, 2.05) is 25.3 Å². The number of rotatable bonds is 5. The van der Waals surface area contributed by atoms with E-state index in [2.05, 4.69) is 28.8 Å². The number of hydrogen-bond donors (Lipinski definition) is 2. The molecule has 2 rings (SSSR count). The lowest BCUT2D eigenvalue weighted by atomic mass is 9.80. The summed E-state index contributed by atoms with van der Waals surface area (Å²) in [4.78, 5) is 12.5. The van der Waals surface area contributed by atoms with Crippen LogP contribution in [-0.4, -0.2) is 22.1 Å². The summed E-state index contributed by atoms with van der Waals surface area (Å²) in [6.07, 6.45) is 3.55. The molecular weight excluding hydrogens is 278 g/mol. The van der Waals surface area contributed by atoms with Gasteiger partial charge in [0, 0.05) is 23.5 Å². The maximum absolute atomic E-state index is 5.97. The SMILES string of the molecule is COc1ccc(C(C)(C)CCc2c(C)nc(N)nc2N)cn1. The molecule has 0 aromatic carbocycles. The molecule has 6 nitrogen and oxygen atoms in total. The zero-order chi connectivity index (χ0) is 16.3. The minimum Gasteiger partial charge on any atom is -0.481 e. The number of aryl methyl sites for hydroxylation is 1. The first kappa shape index (κ1) is 16.0. The topological polar surface area (TPSA) is 99.9 Å². The van der Waals surface area contributed by atoms with Gasteiger partial charge in [0.2, 0.25) is 11.8 Å². The standard InChI is InChI=1S/C16H23N5O/c1-10-12(14(17)21-15(18)20-10)7-8-16(2,3)11-5-6-13(22-4)19-9-11/h5-6,9H,7-8H2,1-4H3,(H4,17,18,20,21). The first-order valence-electron chi connectivity index (χ1n) is 7.22. The van der Waals surface area contributed by atoms with E-state index in [1.54, 1.807) is 7.11 Å². The third-order valence-electron chi connectivity index (χ3n) is 3.99. The molecule has 0 fully saturated rings. The molecule has 2 aromatic rings. The highest BCUT2D eigenvalue weighted by Gasteiger charge is 2.22. The van der Waals surface area contributed by atoms with Crippen molar-refractivity contribution in [2.24, 2.45) is 0 Å². The van der Waals surface area contributed by atoms with Crippen LogP contribution in [0, 0.1) is 6.92 Å². The molecule has 0 saturated carbocycles. The minimum atomic E-state index is -0.0421. The van der Waals surface area contributed by atoms with E-state index in [0.717, 1.165) is 29.7 Å². The maximum Gasteiger partial charge on any atom is 0.222 e. The molecule has 0 spiro atoms. The molecule has 0 bridgehead atoms. The summed E-state index contributed by atoms with van der Waals surface area (Å²) in [7, 11) is 1.61. The van der Waals surface area contributed by atoms with Crippen molar-refractivity contribution in [1.29, 1.82) is 0 Å². The van der Waals surface area contributed by atoms with Crippen LogP contribution in [0.5, 0.6) is 5.88 Å². The van der Waals surface area contributed by atoms with Crippen LogP contribution in [0.25, 0.3) is 0 Å². The molecule has 0 radical (unpaired) electrons. The van der Waals surface area contributed by atoms with Crippen molar-refractivity contribution in [3.8, 4) is 5.88 Å². The number of nitrogens with zero attached hydrogens (tertiary/aromatic N) is 3. The lowest BCUT2D eigenvalue weighted by molar-refractivity contribution is 0.395. The van der Waals surface area contributed by atoms with Crippen LogP contribution in [0.15, 0.2) is 18.3 Å². The minimum absolute atomic E-state index is 0.0421. The second-order valence-electron chi connectivity index (χ2n) is 6.00. The Morgan fingerprint density at radius 3 is 2.45 bits per heavy atom. The first-order chi connectivity index (χ1) is 10.3. The molecule has 0 saturated heterocycles. The van der Waals surface area contributed by atoms with Gasteiger partial charge in [-0.05, 0) is 30.7 Å². The van der Waals surface area contributed by atoms with E-state index in [0.29, 0.717) is 11.7 Å². The third kappa shape index (κ3) is 3.44. The van der Waals surface area contributed by atoms with Crippen molar-refractivity contribution in [2.45, 2.75) is 39.0 Å². The highest BCUT2D eigenvalue weighted by atomic mass is 16.5. The number of nitrogens with two attached hydrogens (primary N) is 2. The Morgan fingerprint density at radius 1 is 1.18 bits per heavy atom. The molecular formula is C16H23N5O. The van der Waals surface area contributed by atoms with E-state index in [9.17, 15) is 0 Å². The van der Waals surface area contributed by atoms with Gasteiger partial charge in [-0.3, -0.25) is 0 Å². The molecule has 4 N–H and O–H groups in total. The van der Waals surface area contributed by atoms with E-state index < -0.39 is 0 Å². The highest BCUT2D eigenvalue weighted by Crippen LogP contribution is 2.30. The predicted molar refractivity (Wildman–Crippen MR) is 87.7 cm³/mol. The van der Waals surface area contributed by atoms with E-state index in [-0.39, 0.29) is 11.4 Å². The first-order valence-corrected chi connectivity index (χ1v) is 7.22. The average molecular weight is 301 g/mol. The zero-order valence-corrected chi connectivity index (χ0v) is 13.6. The molecule has 2 aromatic heterocycles. The molecule has 2 heterocycles. The van der Waals surface area contributed by atoms with E-state index in [1.165, 1.54) is 0 Å². The predicted octanol–water partition coefficient (Wildman–Crippen LogP) is 2.26. The molecule has 0 aliphatic heterocycles. The normalized spacial score (nSPS) is 11.5. The fraction of sp³-hybridized carbons (Fsp3) is 0.438. The summed E-state index contributed by atoms with van der Waals surface area (Å²) in [5.74, 6) is 1.30. The maximum atomic E-state index is 5.97. The van der Waals surface area contributed by atoms with Crippen LogP contribution >= 0.6 is 0 Å². The zero-order valence-electron chi connectivity index (χ0n) is 13.6. The van der Waals surface area contributed by atoms with Gasteiger partial charge in [-0.2, -0.15) is 4.98 Å². The Balaban J connectivity index is 2.15. The number of anilines is 2. The van der Waals surface area contributed by atoms with Crippen molar-refractivity contribution >= 4 is 11.8 Å². The lowest BCUT2D eigenvalue weighted by Gasteiger charge is -2.25. The highest BCUT2D eigenvalue weighted by molar-refractivity contribution is 5.45. The van der Waals surface area contributed by atoms with E-state index >= 15 is 0 Å². The van der Waals surface area contributed by atoms with Crippen LogP contribution in [0.3, 0.4) is 0 Å².